The molecule has 208 valence electrons. The van der Waals surface area contributed by atoms with Crippen molar-refractivity contribution in [3.8, 4) is 5.75 Å². The highest BCUT2D eigenvalue weighted by Crippen LogP contribution is 2.27. The van der Waals surface area contributed by atoms with Gasteiger partial charge in [0, 0.05) is 37.3 Å². The van der Waals surface area contributed by atoms with Crippen molar-refractivity contribution in [1.29, 1.82) is 0 Å². The molecule has 2 aromatic rings. The minimum atomic E-state index is -4.09. The second kappa shape index (κ2) is 13.2. The van der Waals surface area contributed by atoms with E-state index in [1.807, 2.05) is 13.8 Å². The van der Waals surface area contributed by atoms with Crippen molar-refractivity contribution in [2.45, 2.75) is 90.3 Å². The Morgan fingerprint density at radius 1 is 0.895 bits per heavy atom. The third-order valence-corrected chi connectivity index (χ3v) is 8.02. The van der Waals surface area contributed by atoms with Crippen LogP contribution in [-0.2, 0) is 21.4 Å². The van der Waals surface area contributed by atoms with E-state index in [1.54, 1.807) is 42.2 Å². The number of nitrogens with zero attached hydrogens (tertiary/aromatic N) is 2. The molecule has 0 atom stereocenters. The smallest absolute Gasteiger partial charge is 0.265 e. The van der Waals surface area contributed by atoms with Gasteiger partial charge in [-0.25, -0.2) is 13.1 Å². The quantitative estimate of drug-likeness (QED) is 0.543. The zero-order chi connectivity index (χ0) is 27.9. The van der Waals surface area contributed by atoms with Crippen molar-refractivity contribution < 1.29 is 22.7 Å². The van der Waals surface area contributed by atoms with Crippen LogP contribution in [0.2, 0.25) is 0 Å². The topological polar surface area (TPSA) is 96.0 Å². The SMILES string of the molecule is CC(=O)N1CCCCCCCN(C(C)C)Cc2cc(C(=O)NS(=O)(=O)c3ccc(OC(C)C)cc3)ccc21. The predicted molar refractivity (Wildman–Crippen MR) is 150 cm³/mol. The summed E-state index contributed by atoms with van der Waals surface area (Å²) in [5, 5.41) is 0. The highest BCUT2D eigenvalue weighted by Gasteiger charge is 2.23. The lowest BCUT2D eigenvalue weighted by Gasteiger charge is -2.31. The van der Waals surface area contributed by atoms with Crippen LogP contribution in [0.25, 0.3) is 0 Å². The molecule has 1 aliphatic heterocycles. The fraction of sp³-hybridized carbons (Fsp3) is 0.517. The maximum absolute atomic E-state index is 13.1. The molecule has 0 radical (unpaired) electrons. The number of anilines is 1. The molecule has 38 heavy (non-hydrogen) atoms. The summed E-state index contributed by atoms with van der Waals surface area (Å²) in [5.41, 5.74) is 1.82. The van der Waals surface area contributed by atoms with Crippen LogP contribution in [-0.4, -0.2) is 50.4 Å². The van der Waals surface area contributed by atoms with Gasteiger partial charge in [-0.15, -0.1) is 0 Å². The van der Waals surface area contributed by atoms with E-state index in [0.29, 0.717) is 18.8 Å². The Bertz CT molecular complexity index is 1210. The van der Waals surface area contributed by atoms with Crippen LogP contribution in [0.3, 0.4) is 0 Å². The van der Waals surface area contributed by atoms with Gasteiger partial charge in [-0.3, -0.25) is 14.5 Å². The summed E-state index contributed by atoms with van der Waals surface area (Å²) in [7, 11) is -4.09. The molecule has 2 aromatic carbocycles. The van der Waals surface area contributed by atoms with Gasteiger partial charge in [0.2, 0.25) is 5.91 Å². The van der Waals surface area contributed by atoms with Gasteiger partial charge in [0.25, 0.3) is 15.9 Å². The lowest BCUT2D eigenvalue weighted by atomic mass is 10.0. The van der Waals surface area contributed by atoms with Crippen LogP contribution in [0.1, 0.15) is 82.6 Å². The Kier molecular flexibility index (Phi) is 10.3. The third-order valence-electron chi connectivity index (χ3n) is 6.68. The first kappa shape index (κ1) is 29.6. The van der Waals surface area contributed by atoms with Crippen molar-refractivity contribution in [3.05, 3.63) is 53.6 Å². The number of nitrogens with one attached hydrogen (secondary N) is 1. The summed E-state index contributed by atoms with van der Waals surface area (Å²) in [4.78, 5) is 29.8. The number of benzene rings is 2. The number of ether oxygens (including phenoxy) is 1. The van der Waals surface area contributed by atoms with Crippen LogP contribution < -0.4 is 14.4 Å². The summed E-state index contributed by atoms with van der Waals surface area (Å²) >= 11 is 0. The van der Waals surface area contributed by atoms with Gasteiger partial charge in [0.15, 0.2) is 0 Å². The minimum absolute atomic E-state index is 0.0259. The Balaban J connectivity index is 1.91. The molecule has 0 bridgehead atoms. The first-order valence-corrected chi connectivity index (χ1v) is 14.9. The van der Waals surface area contributed by atoms with E-state index in [2.05, 4.69) is 23.5 Å². The van der Waals surface area contributed by atoms with Gasteiger partial charge in [-0.05, 0) is 95.1 Å². The van der Waals surface area contributed by atoms with Crippen LogP contribution in [0.4, 0.5) is 5.69 Å². The molecule has 1 N–H and O–H groups in total. The van der Waals surface area contributed by atoms with Gasteiger partial charge in [0.05, 0.1) is 11.0 Å². The molecule has 0 unspecified atom stereocenters. The van der Waals surface area contributed by atoms with Crippen LogP contribution in [0, 0.1) is 0 Å². The lowest BCUT2D eigenvalue weighted by Crippen LogP contribution is -2.35. The fourth-order valence-electron chi connectivity index (χ4n) is 4.63. The Hall–Kier alpha value is -2.91. The molecule has 3 rings (SSSR count). The average Bonchev–Trinajstić information content (AvgIpc) is 2.83. The van der Waals surface area contributed by atoms with Crippen LogP contribution in [0.5, 0.6) is 5.75 Å². The van der Waals surface area contributed by atoms with Gasteiger partial charge in [-0.2, -0.15) is 0 Å². The van der Waals surface area contributed by atoms with Crippen molar-refractivity contribution in [2.75, 3.05) is 18.0 Å². The molecule has 0 saturated carbocycles. The number of fused-ring (bicyclic) bond motifs is 1. The number of hydrogen-bond donors (Lipinski definition) is 1. The predicted octanol–water partition coefficient (Wildman–Crippen LogP) is 5.12. The molecule has 0 aromatic heterocycles. The molecule has 0 fully saturated rings. The van der Waals surface area contributed by atoms with E-state index in [4.69, 9.17) is 4.74 Å². The van der Waals surface area contributed by atoms with Gasteiger partial charge in [0.1, 0.15) is 5.75 Å². The van der Waals surface area contributed by atoms with Gasteiger partial charge >= 0.3 is 0 Å². The second-order valence-electron chi connectivity index (χ2n) is 10.4. The first-order chi connectivity index (χ1) is 18.0. The molecule has 1 aliphatic rings. The first-order valence-electron chi connectivity index (χ1n) is 13.5. The van der Waals surface area contributed by atoms with E-state index in [9.17, 15) is 18.0 Å². The zero-order valence-electron chi connectivity index (χ0n) is 23.2. The molecule has 1 heterocycles. The molecule has 0 spiro atoms. The van der Waals surface area contributed by atoms with E-state index in [1.165, 1.54) is 12.1 Å². The van der Waals surface area contributed by atoms with Gasteiger partial charge in [-0.1, -0.05) is 19.3 Å². The van der Waals surface area contributed by atoms with Crippen molar-refractivity contribution in [2.24, 2.45) is 0 Å². The molecule has 8 nitrogen and oxygen atoms in total. The number of hydrogen-bond acceptors (Lipinski definition) is 6. The molecule has 0 aliphatic carbocycles. The zero-order valence-corrected chi connectivity index (χ0v) is 24.0. The Morgan fingerprint density at radius 2 is 1.53 bits per heavy atom. The van der Waals surface area contributed by atoms with Crippen molar-refractivity contribution >= 4 is 27.5 Å². The standard InChI is InChI=1S/C29H41N3O5S/c1-21(2)31-17-9-7-6-8-10-18-32(23(5)33)28-16-11-24(19-25(28)20-31)29(34)30-38(35,36)27-14-12-26(13-15-27)37-22(3)4/h11-16,19,21-22H,6-10,17-18,20H2,1-5H3,(H,30,34). The Labute approximate surface area is 227 Å². The number of rotatable bonds is 6. The lowest BCUT2D eigenvalue weighted by molar-refractivity contribution is -0.116. The summed E-state index contributed by atoms with van der Waals surface area (Å²) in [6.45, 7) is 11.7. The van der Waals surface area contributed by atoms with Crippen molar-refractivity contribution in [1.82, 2.24) is 9.62 Å². The maximum Gasteiger partial charge on any atom is 0.265 e. The van der Waals surface area contributed by atoms with E-state index < -0.39 is 15.9 Å². The molecule has 2 amide bonds. The minimum Gasteiger partial charge on any atom is -0.491 e. The molecule has 0 saturated heterocycles. The van der Waals surface area contributed by atoms with Gasteiger partial charge < -0.3 is 9.64 Å². The normalized spacial score (nSPS) is 15.9. The average molecular weight is 544 g/mol. The number of amides is 2. The second-order valence-corrected chi connectivity index (χ2v) is 12.1. The van der Waals surface area contributed by atoms with E-state index in [-0.39, 0.29) is 28.5 Å². The van der Waals surface area contributed by atoms with Crippen LogP contribution in [0.15, 0.2) is 47.4 Å². The highest BCUT2D eigenvalue weighted by atomic mass is 32.2. The fourth-order valence-corrected chi connectivity index (χ4v) is 5.60. The van der Waals surface area contributed by atoms with Crippen LogP contribution >= 0.6 is 0 Å². The molecular weight excluding hydrogens is 502 g/mol. The van der Waals surface area contributed by atoms with E-state index >= 15 is 0 Å². The van der Waals surface area contributed by atoms with Crippen molar-refractivity contribution in [3.63, 3.8) is 0 Å². The monoisotopic (exact) mass is 543 g/mol. The summed E-state index contributed by atoms with van der Waals surface area (Å²) < 4.78 is 33.6. The summed E-state index contributed by atoms with van der Waals surface area (Å²) in [6, 6.07) is 11.3. The summed E-state index contributed by atoms with van der Waals surface area (Å²) in [5.74, 6) is -0.217. The maximum atomic E-state index is 13.1. The number of sulfonamides is 1. The van der Waals surface area contributed by atoms with E-state index in [0.717, 1.165) is 49.9 Å². The molecule has 9 heteroatoms. The largest absolute Gasteiger partial charge is 0.491 e. The number of carbonyl (C=O) groups excluding carboxylic acids is 2. The highest BCUT2D eigenvalue weighted by molar-refractivity contribution is 7.90. The Morgan fingerprint density at radius 3 is 2.13 bits per heavy atom. The summed E-state index contributed by atoms with van der Waals surface area (Å²) in [6.07, 6.45) is 5.30. The number of carbonyl (C=O) groups is 2. The third kappa shape index (κ3) is 8.04. The molecular formula is C29H41N3O5S.